The summed E-state index contributed by atoms with van der Waals surface area (Å²) in [4.78, 5) is 2.57. The number of nitrogens with one attached hydrogen (secondary N) is 1. The smallest absolute Gasteiger partial charge is 0.0229 e. The lowest BCUT2D eigenvalue weighted by molar-refractivity contribution is 0.127. The third-order valence-corrected chi connectivity index (χ3v) is 3.97. The lowest BCUT2D eigenvalue weighted by Crippen LogP contribution is -2.47. The van der Waals surface area contributed by atoms with E-state index in [2.05, 4.69) is 31.0 Å². The van der Waals surface area contributed by atoms with E-state index in [9.17, 15) is 0 Å². The molecular formula is C11H22N2. The fourth-order valence-corrected chi connectivity index (χ4v) is 2.97. The zero-order valence-electron chi connectivity index (χ0n) is 9.14. The van der Waals surface area contributed by atoms with Gasteiger partial charge < -0.3 is 10.2 Å². The summed E-state index contributed by atoms with van der Waals surface area (Å²) in [5.41, 5.74) is 0.532. The molecule has 0 aromatic rings. The molecule has 2 rings (SSSR count). The Morgan fingerprint density at radius 1 is 1.46 bits per heavy atom. The van der Waals surface area contributed by atoms with E-state index in [4.69, 9.17) is 0 Å². The summed E-state index contributed by atoms with van der Waals surface area (Å²) in [6.45, 7) is 12.1. The van der Waals surface area contributed by atoms with Gasteiger partial charge in [0, 0.05) is 19.1 Å². The van der Waals surface area contributed by atoms with Gasteiger partial charge in [-0.2, -0.15) is 0 Å². The predicted octanol–water partition coefficient (Wildman–Crippen LogP) is 1.33. The van der Waals surface area contributed by atoms with Crippen LogP contribution >= 0.6 is 0 Å². The van der Waals surface area contributed by atoms with Crippen LogP contribution in [-0.4, -0.2) is 37.1 Å². The number of hydrogen-bond acceptors (Lipinski definition) is 2. The first-order valence-electron chi connectivity index (χ1n) is 5.59. The van der Waals surface area contributed by atoms with Crippen LogP contribution < -0.4 is 5.32 Å². The van der Waals surface area contributed by atoms with Gasteiger partial charge in [-0.15, -0.1) is 0 Å². The summed E-state index contributed by atoms with van der Waals surface area (Å²) in [6, 6.07) is 0.767. The summed E-state index contributed by atoms with van der Waals surface area (Å²) in [5.74, 6) is 0.912. The number of hydrogen-bond donors (Lipinski definition) is 1. The lowest BCUT2D eigenvalue weighted by atomic mass is 9.75. The van der Waals surface area contributed by atoms with Crippen molar-refractivity contribution in [2.75, 3.05) is 26.2 Å². The average molecular weight is 182 g/mol. The van der Waals surface area contributed by atoms with Crippen LogP contribution in [0, 0.1) is 11.3 Å². The number of nitrogens with zero attached hydrogens (tertiary/aromatic N) is 1. The minimum atomic E-state index is 0.532. The van der Waals surface area contributed by atoms with Crippen LogP contribution in [-0.2, 0) is 0 Å². The normalized spacial score (nSPS) is 39.0. The molecule has 1 N–H and O–H groups in total. The Hall–Kier alpha value is -0.0800. The van der Waals surface area contributed by atoms with Gasteiger partial charge in [0.1, 0.15) is 0 Å². The molecule has 2 aliphatic heterocycles. The Kier molecular flexibility index (Phi) is 2.37. The largest absolute Gasteiger partial charge is 0.312 e. The number of fused-ring (bicyclic) bond motifs is 1. The summed E-state index contributed by atoms with van der Waals surface area (Å²) in [7, 11) is 0. The second kappa shape index (κ2) is 3.25. The fraction of sp³-hybridized carbons (Fsp3) is 1.00. The van der Waals surface area contributed by atoms with E-state index in [0.29, 0.717) is 5.41 Å². The van der Waals surface area contributed by atoms with Crippen molar-refractivity contribution < 1.29 is 0 Å². The van der Waals surface area contributed by atoms with Crippen molar-refractivity contribution in [3.8, 4) is 0 Å². The number of likely N-dealkylation sites (tertiary alicyclic amines) is 1. The monoisotopic (exact) mass is 182 g/mol. The van der Waals surface area contributed by atoms with E-state index in [-0.39, 0.29) is 0 Å². The van der Waals surface area contributed by atoms with E-state index in [1.807, 2.05) is 0 Å². The molecule has 0 spiro atoms. The van der Waals surface area contributed by atoms with Crippen LogP contribution in [0.15, 0.2) is 0 Å². The summed E-state index contributed by atoms with van der Waals surface area (Å²) in [6.07, 6.45) is 1.39. The maximum Gasteiger partial charge on any atom is 0.0229 e. The van der Waals surface area contributed by atoms with Gasteiger partial charge >= 0.3 is 0 Å². The van der Waals surface area contributed by atoms with E-state index in [1.54, 1.807) is 0 Å². The predicted molar refractivity (Wildman–Crippen MR) is 55.8 cm³/mol. The van der Waals surface area contributed by atoms with Gasteiger partial charge in [0.2, 0.25) is 0 Å². The summed E-state index contributed by atoms with van der Waals surface area (Å²) < 4.78 is 0. The van der Waals surface area contributed by atoms with E-state index in [0.717, 1.165) is 12.0 Å². The maximum absolute atomic E-state index is 3.67. The molecule has 0 amide bonds. The van der Waals surface area contributed by atoms with Crippen LogP contribution in [0.2, 0.25) is 0 Å². The highest BCUT2D eigenvalue weighted by Crippen LogP contribution is 2.39. The minimum absolute atomic E-state index is 0.532. The first-order chi connectivity index (χ1) is 6.13. The molecule has 2 heterocycles. The first-order valence-corrected chi connectivity index (χ1v) is 5.59. The van der Waals surface area contributed by atoms with Gasteiger partial charge in [-0.05, 0) is 30.8 Å². The molecule has 0 aromatic heterocycles. The molecule has 0 bridgehead atoms. The van der Waals surface area contributed by atoms with Crippen LogP contribution in [0.1, 0.15) is 27.2 Å². The zero-order valence-corrected chi connectivity index (χ0v) is 9.14. The van der Waals surface area contributed by atoms with Crippen LogP contribution in [0.3, 0.4) is 0 Å². The summed E-state index contributed by atoms with van der Waals surface area (Å²) >= 11 is 0. The summed E-state index contributed by atoms with van der Waals surface area (Å²) in [5, 5.41) is 3.67. The molecule has 13 heavy (non-hydrogen) atoms. The van der Waals surface area contributed by atoms with Crippen LogP contribution in [0.4, 0.5) is 0 Å². The number of likely N-dealkylation sites (N-methyl/N-ethyl adjacent to an activating group) is 1. The van der Waals surface area contributed by atoms with Crippen molar-refractivity contribution >= 4 is 0 Å². The Bertz CT molecular complexity index is 189. The molecule has 0 aliphatic carbocycles. The molecule has 2 heteroatoms. The molecule has 2 atom stereocenters. The van der Waals surface area contributed by atoms with Crippen molar-refractivity contribution in [2.24, 2.45) is 11.3 Å². The van der Waals surface area contributed by atoms with Crippen molar-refractivity contribution in [2.45, 2.75) is 33.2 Å². The molecule has 2 nitrogen and oxygen atoms in total. The Labute approximate surface area is 81.7 Å². The van der Waals surface area contributed by atoms with Crippen molar-refractivity contribution in [1.82, 2.24) is 10.2 Å². The quantitative estimate of drug-likeness (QED) is 0.658. The standard InChI is InChI=1S/C11H22N2/c1-4-13-6-5-9-10(7-13)12-8-11(9,2)3/h9-10,12H,4-8H2,1-3H3. The zero-order chi connectivity index (χ0) is 9.47. The third-order valence-electron chi connectivity index (χ3n) is 3.97. The fourth-order valence-electron chi connectivity index (χ4n) is 2.97. The Morgan fingerprint density at radius 3 is 2.92 bits per heavy atom. The van der Waals surface area contributed by atoms with Gasteiger partial charge in [0.05, 0.1) is 0 Å². The molecule has 2 saturated heterocycles. The number of piperidine rings is 1. The van der Waals surface area contributed by atoms with Gasteiger partial charge in [-0.25, -0.2) is 0 Å². The van der Waals surface area contributed by atoms with Crippen molar-refractivity contribution in [1.29, 1.82) is 0 Å². The second-order valence-electron chi connectivity index (χ2n) is 5.26. The maximum atomic E-state index is 3.67. The van der Waals surface area contributed by atoms with E-state index < -0.39 is 0 Å². The minimum Gasteiger partial charge on any atom is -0.312 e. The van der Waals surface area contributed by atoms with E-state index in [1.165, 1.54) is 32.6 Å². The van der Waals surface area contributed by atoms with Gasteiger partial charge in [0.15, 0.2) is 0 Å². The van der Waals surface area contributed by atoms with Gasteiger partial charge in [-0.3, -0.25) is 0 Å². The van der Waals surface area contributed by atoms with Gasteiger partial charge in [-0.1, -0.05) is 20.8 Å². The van der Waals surface area contributed by atoms with E-state index >= 15 is 0 Å². The van der Waals surface area contributed by atoms with Crippen molar-refractivity contribution in [3.05, 3.63) is 0 Å². The second-order valence-corrected chi connectivity index (χ2v) is 5.26. The lowest BCUT2D eigenvalue weighted by Gasteiger charge is -2.38. The Morgan fingerprint density at radius 2 is 2.23 bits per heavy atom. The Balaban J connectivity index is 2.02. The SMILES string of the molecule is CCN1CCC2C(C1)NCC2(C)C. The van der Waals surface area contributed by atoms with Crippen molar-refractivity contribution in [3.63, 3.8) is 0 Å². The van der Waals surface area contributed by atoms with Crippen LogP contribution in [0.5, 0.6) is 0 Å². The third kappa shape index (κ3) is 1.62. The molecule has 2 unspecified atom stereocenters. The topological polar surface area (TPSA) is 15.3 Å². The number of rotatable bonds is 1. The molecule has 0 radical (unpaired) electrons. The van der Waals surface area contributed by atoms with Crippen LogP contribution in [0.25, 0.3) is 0 Å². The highest BCUT2D eigenvalue weighted by molar-refractivity contribution is 4.99. The highest BCUT2D eigenvalue weighted by atomic mass is 15.2. The highest BCUT2D eigenvalue weighted by Gasteiger charge is 2.43. The molecule has 0 aromatic carbocycles. The molecule has 2 aliphatic rings. The first kappa shape index (κ1) is 9.47. The van der Waals surface area contributed by atoms with Gasteiger partial charge in [0.25, 0.3) is 0 Å². The molecule has 0 saturated carbocycles. The molecule has 76 valence electrons. The average Bonchev–Trinajstić information content (AvgIpc) is 2.42. The molecular weight excluding hydrogens is 160 g/mol. The molecule has 2 fully saturated rings.